The molecule has 3 aliphatic carbocycles. The molecule has 1 aliphatic heterocycles. The summed E-state index contributed by atoms with van der Waals surface area (Å²) in [6, 6.07) is 16.9. The molecule has 2 unspecified atom stereocenters. The van der Waals surface area contributed by atoms with Gasteiger partial charge in [-0.2, -0.15) is 0 Å². The molecule has 3 aromatic carbocycles. The van der Waals surface area contributed by atoms with Crippen LogP contribution in [0.15, 0.2) is 62.2 Å². The van der Waals surface area contributed by atoms with Crippen molar-refractivity contribution in [1.82, 2.24) is 0 Å². The second-order valence-electron chi connectivity index (χ2n) is 8.66. The van der Waals surface area contributed by atoms with Gasteiger partial charge in [0.1, 0.15) is 11.5 Å². The van der Waals surface area contributed by atoms with E-state index in [4.69, 9.17) is 6.57 Å². The van der Waals surface area contributed by atoms with Crippen LogP contribution in [0.5, 0.6) is 11.5 Å². The Morgan fingerprint density at radius 1 is 1.00 bits per heavy atom. The summed E-state index contributed by atoms with van der Waals surface area (Å²) in [6.45, 7) is 9.35. The van der Waals surface area contributed by atoms with Crippen LogP contribution in [-0.4, -0.2) is 10.2 Å². The number of hydrogen-bond donors (Lipinski definition) is 2. The number of nitrogens with zero attached hydrogens (tertiary/aromatic N) is 2. The maximum absolute atomic E-state index is 11.5. The molecular formula is C26H14N2O2S2. The molecule has 0 amide bonds. The number of benzene rings is 3. The number of allylic oxidation sites excluding steroid dienone is 1. The zero-order chi connectivity index (χ0) is 21.9. The largest absolute Gasteiger partial charge is 0.506 e. The van der Waals surface area contributed by atoms with Crippen molar-refractivity contribution < 1.29 is 10.2 Å². The molecule has 32 heavy (non-hydrogen) atoms. The van der Waals surface area contributed by atoms with E-state index in [0.29, 0.717) is 14.0 Å². The monoisotopic (exact) mass is 450 g/mol. The van der Waals surface area contributed by atoms with Gasteiger partial charge in [-0.1, -0.05) is 71.6 Å². The predicted octanol–water partition coefficient (Wildman–Crippen LogP) is 6.11. The molecule has 152 valence electrons. The number of aromatic hydroxyl groups is 2. The van der Waals surface area contributed by atoms with Gasteiger partial charge in [-0.15, -0.1) is 0 Å². The van der Waals surface area contributed by atoms with E-state index >= 15 is 0 Å². The van der Waals surface area contributed by atoms with Gasteiger partial charge in [-0.05, 0) is 29.2 Å². The van der Waals surface area contributed by atoms with E-state index in [9.17, 15) is 15.5 Å². The minimum atomic E-state index is -0.242. The van der Waals surface area contributed by atoms with Crippen molar-refractivity contribution in [1.29, 1.82) is 5.26 Å². The second kappa shape index (κ2) is 5.72. The van der Waals surface area contributed by atoms with E-state index in [2.05, 4.69) is 48.2 Å². The van der Waals surface area contributed by atoms with E-state index in [1.807, 2.05) is 12.1 Å². The summed E-state index contributed by atoms with van der Waals surface area (Å²) in [7, 11) is 0. The van der Waals surface area contributed by atoms with Gasteiger partial charge in [0, 0.05) is 28.4 Å². The molecule has 0 saturated heterocycles. The average Bonchev–Trinajstić information content (AvgIpc) is 3.31. The van der Waals surface area contributed by atoms with Crippen molar-refractivity contribution in [3.63, 3.8) is 0 Å². The van der Waals surface area contributed by atoms with Crippen molar-refractivity contribution in [2.24, 2.45) is 0 Å². The van der Waals surface area contributed by atoms with E-state index < -0.39 is 0 Å². The Labute approximate surface area is 193 Å². The van der Waals surface area contributed by atoms with E-state index in [1.165, 1.54) is 51.3 Å². The normalized spacial score (nSPS) is 26.1. The Balaban J connectivity index is 1.55. The fraction of sp³-hybridized carbons (Fsp3) is 0.154. The Hall–Kier alpha value is -3.32. The summed E-state index contributed by atoms with van der Waals surface area (Å²) in [4.78, 5) is 4.43. The Bertz CT molecular complexity index is 1540. The van der Waals surface area contributed by atoms with Gasteiger partial charge in [0.2, 0.25) is 0 Å². The third-order valence-corrected chi connectivity index (χ3v) is 10.00. The number of nitriles is 1. The molecule has 0 aromatic heterocycles. The topological polar surface area (TPSA) is 68.6 Å². The van der Waals surface area contributed by atoms with Crippen LogP contribution < -0.4 is 0 Å². The lowest BCUT2D eigenvalue weighted by Gasteiger charge is -2.58. The minimum absolute atomic E-state index is 0.0110. The average molecular weight is 451 g/mol. The number of phenolic OH excluding ortho intramolecular Hbond substituents is 2. The molecule has 1 heterocycles. The number of rotatable bonds is 0. The van der Waals surface area contributed by atoms with Crippen LogP contribution in [0.2, 0.25) is 0 Å². The second-order valence-corrected chi connectivity index (χ2v) is 11.0. The molecule has 0 bridgehead atoms. The van der Waals surface area contributed by atoms with Gasteiger partial charge in [0.25, 0.3) is 5.70 Å². The standard InChI is InChI=1S/C26H14N2O2S2/c1-11-7-8-15-13(9-11)20-18-17(19-12-5-3-4-6-14(12)26(15,19)20)21(29)23-24(22(18)30)32-25(31-23)16(10-27)28-2/h3-9,19-20,29-30H,1H3/t19-,20?,26?/m0/s1. The fourth-order valence-corrected chi connectivity index (χ4v) is 8.82. The van der Waals surface area contributed by atoms with Crippen LogP contribution in [0.3, 0.4) is 0 Å². The summed E-state index contributed by atoms with van der Waals surface area (Å²) >= 11 is 2.42. The van der Waals surface area contributed by atoms with Gasteiger partial charge in [-0.3, -0.25) is 0 Å². The molecule has 3 atom stereocenters. The molecule has 3 aromatic rings. The number of fused-ring (bicyclic) bond motifs is 8. The molecule has 0 radical (unpaired) electrons. The van der Waals surface area contributed by atoms with Crippen LogP contribution in [0.25, 0.3) is 4.85 Å². The lowest BCUT2D eigenvalue weighted by molar-refractivity contribution is 0.325. The summed E-state index contributed by atoms with van der Waals surface area (Å²) in [5, 5.41) is 32.4. The molecule has 6 heteroatoms. The number of hydrogen-bond acceptors (Lipinski definition) is 5. The van der Waals surface area contributed by atoms with Gasteiger partial charge < -0.3 is 10.2 Å². The minimum Gasteiger partial charge on any atom is -0.506 e. The van der Waals surface area contributed by atoms with E-state index in [-0.39, 0.29) is 34.4 Å². The zero-order valence-electron chi connectivity index (χ0n) is 16.8. The maximum Gasteiger partial charge on any atom is 0.282 e. The number of aryl methyl sites for hydroxylation is 1. The van der Waals surface area contributed by atoms with Crippen LogP contribution in [0.4, 0.5) is 0 Å². The summed E-state index contributed by atoms with van der Waals surface area (Å²) in [5.41, 5.74) is 7.50. The van der Waals surface area contributed by atoms with Gasteiger partial charge in [0.15, 0.2) is 0 Å². The number of thioether (sulfide) groups is 2. The summed E-state index contributed by atoms with van der Waals surface area (Å²) < 4.78 is 0.511. The molecular weight excluding hydrogens is 436 g/mol. The molecule has 1 spiro atoms. The number of phenols is 2. The summed E-state index contributed by atoms with van der Waals surface area (Å²) in [5.74, 6) is 0.330. The molecule has 4 nitrogen and oxygen atoms in total. The van der Waals surface area contributed by atoms with Gasteiger partial charge >= 0.3 is 0 Å². The van der Waals surface area contributed by atoms with Crippen LogP contribution in [-0.2, 0) is 5.41 Å². The quantitative estimate of drug-likeness (QED) is 0.246. The van der Waals surface area contributed by atoms with Crippen LogP contribution >= 0.6 is 23.5 Å². The summed E-state index contributed by atoms with van der Waals surface area (Å²) in [6.07, 6.45) is 0. The first-order valence-electron chi connectivity index (χ1n) is 10.2. The van der Waals surface area contributed by atoms with Crippen LogP contribution in [0.1, 0.15) is 50.8 Å². The first-order chi connectivity index (χ1) is 15.5. The van der Waals surface area contributed by atoms with Crippen LogP contribution in [0, 0.1) is 24.8 Å². The van der Waals surface area contributed by atoms with Crippen molar-refractivity contribution in [3.8, 4) is 17.6 Å². The zero-order valence-corrected chi connectivity index (χ0v) is 18.4. The lowest BCUT2D eigenvalue weighted by atomic mass is 9.43. The Morgan fingerprint density at radius 2 is 1.62 bits per heavy atom. The van der Waals surface area contributed by atoms with Gasteiger partial charge in [-0.25, -0.2) is 10.1 Å². The first-order valence-corrected chi connectivity index (χ1v) is 11.9. The SMILES string of the molecule is [C-]#[N+]C(C#N)=C1Sc2c(O)c3c(c(O)c2S1)[C@@H]1c2ccccc2C12c1ccc(C)cc1C32. The molecule has 0 saturated carbocycles. The van der Waals surface area contributed by atoms with Crippen molar-refractivity contribution in [2.75, 3.05) is 0 Å². The highest BCUT2D eigenvalue weighted by Crippen LogP contribution is 2.80. The smallest absolute Gasteiger partial charge is 0.282 e. The predicted molar refractivity (Wildman–Crippen MR) is 123 cm³/mol. The van der Waals surface area contributed by atoms with Gasteiger partial charge in [0.05, 0.1) is 26.7 Å². The highest BCUT2D eigenvalue weighted by molar-refractivity contribution is 8.24. The van der Waals surface area contributed by atoms with Crippen molar-refractivity contribution in [3.05, 3.63) is 103 Å². The molecule has 2 N–H and O–H groups in total. The van der Waals surface area contributed by atoms with Crippen molar-refractivity contribution >= 4 is 23.5 Å². The maximum atomic E-state index is 11.5. The lowest BCUT2D eigenvalue weighted by Crippen LogP contribution is -2.52. The Morgan fingerprint density at radius 3 is 2.28 bits per heavy atom. The highest BCUT2D eigenvalue weighted by atomic mass is 32.2. The molecule has 0 fully saturated rings. The molecule has 7 rings (SSSR count). The van der Waals surface area contributed by atoms with E-state index in [1.54, 1.807) is 0 Å². The van der Waals surface area contributed by atoms with E-state index in [0.717, 1.165) is 11.1 Å². The third kappa shape index (κ3) is 1.74. The third-order valence-electron chi connectivity index (χ3n) is 7.41. The first kappa shape index (κ1) is 18.3. The highest BCUT2D eigenvalue weighted by Gasteiger charge is 2.71. The fourth-order valence-electron chi connectivity index (χ4n) is 6.37. The molecule has 4 aliphatic rings. The van der Waals surface area contributed by atoms with Crippen molar-refractivity contribution in [2.45, 2.75) is 34.0 Å². The Kier molecular flexibility index (Phi) is 3.27.